The SMILES string of the molecule is Cc1cc(Cl)ccc1N1CCOC(CN)C1. The smallest absolute Gasteiger partial charge is 0.0872 e. The molecule has 0 aliphatic carbocycles. The molecule has 4 heteroatoms. The number of morpholine rings is 1. The van der Waals surface area contributed by atoms with Crippen LogP contribution in [-0.2, 0) is 4.74 Å². The number of hydrogen-bond acceptors (Lipinski definition) is 3. The molecule has 0 amide bonds. The quantitative estimate of drug-likeness (QED) is 0.857. The number of hydrogen-bond donors (Lipinski definition) is 1. The normalized spacial score (nSPS) is 21.2. The molecule has 88 valence electrons. The number of benzene rings is 1. The summed E-state index contributed by atoms with van der Waals surface area (Å²) in [5, 5.41) is 0.782. The first-order valence-electron chi connectivity index (χ1n) is 5.53. The minimum atomic E-state index is 0.142. The van der Waals surface area contributed by atoms with Crippen LogP contribution in [0.2, 0.25) is 5.02 Å². The third kappa shape index (κ3) is 2.48. The predicted molar refractivity (Wildman–Crippen MR) is 67.2 cm³/mol. The average Bonchev–Trinajstić information content (AvgIpc) is 2.29. The second kappa shape index (κ2) is 5.04. The van der Waals surface area contributed by atoms with Gasteiger partial charge >= 0.3 is 0 Å². The van der Waals surface area contributed by atoms with Crippen molar-refractivity contribution < 1.29 is 4.74 Å². The molecule has 1 aromatic rings. The highest BCUT2D eigenvalue weighted by atomic mass is 35.5. The zero-order valence-corrected chi connectivity index (χ0v) is 10.2. The number of anilines is 1. The van der Waals surface area contributed by atoms with Crippen LogP contribution in [-0.4, -0.2) is 32.3 Å². The molecule has 0 bridgehead atoms. The van der Waals surface area contributed by atoms with Gasteiger partial charge in [-0.15, -0.1) is 0 Å². The van der Waals surface area contributed by atoms with Gasteiger partial charge in [0.05, 0.1) is 12.7 Å². The maximum atomic E-state index is 5.95. The number of rotatable bonds is 2. The van der Waals surface area contributed by atoms with Gasteiger partial charge in [0, 0.05) is 30.3 Å². The topological polar surface area (TPSA) is 38.5 Å². The lowest BCUT2D eigenvalue weighted by Crippen LogP contribution is -2.45. The van der Waals surface area contributed by atoms with Gasteiger partial charge in [0.25, 0.3) is 0 Å². The van der Waals surface area contributed by atoms with E-state index in [4.69, 9.17) is 22.1 Å². The molecule has 1 atom stereocenters. The van der Waals surface area contributed by atoms with Gasteiger partial charge in [-0.05, 0) is 30.7 Å². The zero-order valence-electron chi connectivity index (χ0n) is 9.45. The molecule has 16 heavy (non-hydrogen) atoms. The van der Waals surface area contributed by atoms with Gasteiger partial charge in [0.2, 0.25) is 0 Å². The Morgan fingerprint density at radius 3 is 3.06 bits per heavy atom. The van der Waals surface area contributed by atoms with Gasteiger partial charge < -0.3 is 15.4 Å². The first-order chi connectivity index (χ1) is 7.70. The van der Waals surface area contributed by atoms with Crippen LogP contribution in [0.1, 0.15) is 5.56 Å². The van der Waals surface area contributed by atoms with Crippen LogP contribution in [0.4, 0.5) is 5.69 Å². The Kier molecular flexibility index (Phi) is 3.69. The van der Waals surface area contributed by atoms with Gasteiger partial charge in [-0.1, -0.05) is 11.6 Å². The Bertz CT molecular complexity index is 370. The van der Waals surface area contributed by atoms with Crippen LogP contribution in [0.15, 0.2) is 18.2 Å². The molecule has 1 aliphatic heterocycles. The zero-order chi connectivity index (χ0) is 11.5. The molecule has 2 rings (SSSR count). The summed E-state index contributed by atoms with van der Waals surface area (Å²) in [7, 11) is 0. The van der Waals surface area contributed by atoms with E-state index in [0.29, 0.717) is 6.54 Å². The fourth-order valence-electron chi connectivity index (χ4n) is 2.05. The molecule has 1 unspecified atom stereocenters. The van der Waals surface area contributed by atoms with E-state index in [0.717, 1.165) is 24.7 Å². The third-order valence-corrected chi connectivity index (χ3v) is 3.14. The Labute approximate surface area is 101 Å². The minimum absolute atomic E-state index is 0.142. The number of aryl methyl sites for hydroxylation is 1. The van der Waals surface area contributed by atoms with Crippen molar-refractivity contribution in [3.8, 4) is 0 Å². The van der Waals surface area contributed by atoms with Crippen LogP contribution in [0.25, 0.3) is 0 Å². The molecule has 2 N–H and O–H groups in total. The van der Waals surface area contributed by atoms with E-state index >= 15 is 0 Å². The molecule has 0 aromatic heterocycles. The summed E-state index contributed by atoms with van der Waals surface area (Å²) in [5.41, 5.74) is 8.06. The van der Waals surface area contributed by atoms with Crippen molar-refractivity contribution in [2.75, 3.05) is 31.1 Å². The number of halogens is 1. The summed E-state index contributed by atoms with van der Waals surface area (Å²) >= 11 is 5.95. The summed E-state index contributed by atoms with van der Waals surface area (Å²) in [4.78, 5) is 2.31. The summed E-state index contributed by atoms with van der Waals surface area (Å²) in [5.74, 6) is 0. The van der Waals surface area contributed by atoms with Gasteiger partial charge in [-0.25, -0.2) is 0 Å². The summed E-state index contributed by atoms with van der Waals surface area (Å²) in [6.07, 6.45) is 0.142. The van der Waals surface area contributed by atoms with Crippen molar-refractivity contribution >= 4 is 17.3 Å². The number of nitrogens with zero attached hydrogens (tertiary/aromatic N) is 1. The Morgan fingerprint density at radius 1 is 1.56 bits per heavy atom. The Morgan fingerprint density at radius 2 is 2.38 bits per heavy atom. The fourth-order valence-corrected chi connectivity index (χ4v) is 2.28. The van der Waals surface area contributed by atoms with Crippen LogP contribution < -0.4 is 10.6 Å². The summed E-state index contributed by atoms with van der Waals surface area (Å²) in [6, 6.07) is 5.98. The predicted octanol–water partition coefficient (Wildman–Crippen LogP) is 1.81. The summed E-state index contributed by atoms with van der Waals surface area (Å²) in [6.45, 7) is 5.17. The second-order valence-corrected chi connectivity index (χ2v) is 4.54. The van der Waals surface area contributed by atoms with Gasteiger partial charge in [-0.3, -0.25) is 0 Å². The van der Waals surface area contributed by atoms with Crippen LogP contribution in [0.3, 0.4) is 0 Å². The lowest BCUT2D eigenvalue weighted by atomic mass is 10.1. The van der Waals surface area contributed by atoms with E-state index in [9.17, 15) is 0 Å². The standard InChI is InChI=1S/C12H17ClN2O/c1-9-6-10(13)2-3-12(9)15-4-5-16-11(7-14)8-15/h2-3,6,11H,4-5,7-8,14H2,1H3. The van der Waals surface area contributed by atoms with Crippen molar-refractivity contribution in [1.29, 1.82) is 0 Å². The monoisotopic (exact) mass is 240 g/mol. The van der Waals surface area contributed by atoms with Crippen molar-refractivity contribution in [3.05, 3.63) is 28.8 Å². The molecular formula is C12H17ClN2O. The van der Waals surface area contributed by atoms with Crippen LogP contribution in [0.5, 0.6) is 0 Å². The first-order valence-corrected chi connectivity index (χ1v) is 5.91. The van der Waals surface area contributed by atoms with Crippen molar-refractivity contribution in [2.45, 2.75) is 13.0 Å². The van der Waals surface area contributed by atoms with E-state index in [1.165, 1.54) is 11.3 Å². The number of nitrogens with two attached hydrogens (primary N) is 1. The van der Waals surface area contributed by atoms with E-state index in [1.807, 2.05) is 12.1 Å². The lowest BCUT2D eigenvalue weighted by Gasteiger charge is -2.34. The highest BCUT2D eigenvalue weighted by Gasteiger charge is 2.20. The van der Waals surface area contributed by atoms with E-state index in [-0.39, 0.29) is 6.10 Å². The molecule has 3 nitrogen and oxygen atoms in total. The van der Waals surface area contributed by atoms with Crippen molar-refractivity contribution in [3.63, 3.8) is 0 Å². The molecule has 1 aromatic carbocycles. The highest BCUT2D eigenvalue weighted by molar-refractivity contribution is 6.30. The molecule has 1 saturated heterocycles. The van der Waals surface area contributed by atoms with Crippen molar-refractivity contribution in [2.24, 2.45) is 5.73 Å². The first kappa shape index (κ1) is 11.7. The molecule has 0 radical (unpaired) electrons. The average molecular weight is 241 g/mol. The van der Waals surface area contributed by atoms with E-state index in [1.54, 1.807) is 0 Å². The van der Waals surface area contributed by atoms with Crippen LogP contribution in [0, 0.1) is 6.92 Å². The minimum Gasteiger partial charge on any atom is -0.373 e. The van der Waals surface area contributed by atoms with Crippen molar-refractivity contribution in [1.82, 2.24) is 0 Å². The Hall–Kier alpha value is -0.770. The Balaban J connectivity index is 2.16. The van der Waals surface area contributed by atoms with Gasteiger partial charge in [0.1, 0.15) is 0 Å². The van der Waals surface area contributed by atoms with E-state index < -0.39 is 0 Å². The largest absolute Gasteiger partial charge is 0.373 e. The molecule has 1 aliphatic rings. The van der Waals surface area contributed by atoms with Gasteiger partial charge in [0.15, 0.2) is 0 Å². The van der Waals surface area contributed by atoms with E-state index in [2.05, 4.69) is 17.9 Å². The molecule has 0 saturated carbocycles. The van der Waals surface area contributed by atoms with Gasteiger partial charge in [-0.2, -0.15) is 0 Å². The molecule has 0 spiro atoms. The second-order valence-electron chi connectivity index (χ2n) is 4.11. The highest BCUT2D eigenvalue weighted by Crippen LogP contribution is 2.25. The molecular weight excluding hydrogens is 224 g/mol. The summed E-state index contributed by atoms with van der Waals surface area (Å²) < 4.78 is 5.55. The fraction of sp³-hybridized carbons (Fsp3) is 0.500. The number of ether oxygens (including phenoxy) is 1. The third-order valence-electron chi connectivity index (χ3n) is 2.90. The molecule has 1 heterocycles. The van der Waals surface area contributed by atoms with Crippen LogP contribution >= 0.6 is 11.6 Å². The molecule has 1 fully saturated rings. The maximum Gasteiger partial charge on any atom is 0.0872 e. The maximum absolute atomic E-state index is 5.95. The lowest BCUT2D eigenvalue weighted by molar-refractivity contribution is 0.0465.